The quantitative estimate of drug-likeness (QED) is 0.845. The summed E-state index contributed by atoms with van der Waals surface area (Å²) < 4.78 is 0. The molecule has 0 heterocycles. The minimum absolute atomic E-state index is 0.00452. The number of anilines is 1. The molecule has 0 spiro atoms. The lowest BCUT2D eigenvalue weighted by atomic mass is 10.0. The van der Waals surface area contributed by atoms with E-state index >= 15 is 0 Å². The van der Waals surface area contributed by atoms with Gasteiger partial charge in [-0.25, -0.2) is 0 Å². The third-order valence-corrected chi connectivity index (χ3v) is 3.47. The van der Waals surface area contributed by atoms with E-state index in [0.29, 0.717) is 12.1 Å². The fraction of sp³-hybridized carbons (Fsp3) is 0.278. The number of nitrogens with one attached hydrogen (secondary N) is 1. The maximum atomic E-state index is 12.1. The summed E-state index contributed by atoms with van der Waals surface area (Å²) in [6.45, 7) is 6.15. The lowest BCUT2D eigenvalue weighted by Crippen LogP contribution is -2.28. The van der Waals surface area contributed by atoms with Crippen molar-refractivity contribution in [3.05, 3.63) is 64.7 Å². The zero-order valence-corrected chi connectivity index (χ0v) is 12.8. The minimum atomic E-state index is 0.00452. The molecule has 3 N–H and O–H groups in total. The Balaban J connectivity index is 2.00. The average molecular weight is 282 g/mol. The standard InChI is InChI=1S/C18H22N2O/c1-12-8-13(2)10-16(9-12)14(3)20-18(21)11-15-4-6-17(19)7-5-15/h4-10,14H,11,19H2,1-3H3,(H,20,21). The molecule has 2 aromatic carbocycles. The van der Waals surface area contributed by atoms with Crippen LogP contribution in [-0.4, -0.2) is 5.91 Å². The Bertz CT molecular complexity index is 612. The maximum Gasteiger partial charge on any atom is 0.224 e. The number of nitrogens with two attached hydrogens (primary N) is 1. The van der Waals surface area contributed by atoms with Gasteiger partial charge < -0.3 is 11.1 Å². The highest BCUT2D eigenvalue weighted by Gasteiger charge is 2.10. The second-order valence-corrected chi connectivity index (χ2v) is 5.63. The summed E-state index contributed by atoms with van der Waals surface area (Å²) >= 11 is 0. The molecule has 110 valence electrons. The zero-order chi connectivity index (χ0) is 15.4. The molecule has 0 aliphatic heterocycles. The van der Waals surface area contributed by atoms with Gasteiger partial charge in [-0.15, -0.1) is 0 Å². The van der Waals surface area contributed by atoms with Gasteiger partial charge in [0.25, 0.3) is 0 Å². The number of nitrogen functional groups attached to an aromatic ring is 1. The molecule has 1 atom stereocenters. The van der Waals surface area contributed by atoms with Crippen LogP contribution in [0.5, 0.6) is 0 Å². The van der Waals surface area contributed by atoms with Crippen molar-refractivity contribution in [2.75, 3.05) is 5.73 Å². The Morgan fingerprint density at radius 2 is 1.67 bits per heavy atom. The number of carbonyl (C=O) groups is 1. The van der Waals surface area contributed by atoms with Crippen LogP contribution in [0, 0.1) is 13.8 Å². The van der Waals surface area contributed by atoms with Crippen molar-refractivity contribution >= 4 is 11.6 Å². The summed E-state index contributed by atoms with van der Waals surface area (Å²) in [7, 11) is 0. The molecule has 0 saturated carbocycles. The average Bonchev–Trinajstić information content (AvgIpc) is 2.40. The maximum absolute atomic E-state index is 12.1. The fourth-order valence-corrected chi connectivity index (χ4v) is 2.46. The first-order chi connectivity index (χ1) is 9.94. The smallest absolute Gasteiger partial charge is 0.224 e. The van der Waals surface area contributed by atoms with Crippen LogP contribution in [0.1, 0.15) is 35.2 Å². The predicted octanol–water partition coefficient (Wildman–Crippen LogP) is 3.31. The molecule has 0 saturated heterocycles. The van der Waals surface area contributed by atoms with Crippen molar-refractivity contribution < 1.29 is 4.79 Å². The van der Waals surface area contributed by atoms with Gasteiger partial charge in [0.05, 0.1) is 12.5 Å². The predicted molar refractivity (Wildman–Crippen MR) is 87.0 cm³/mol. The van der Waals surface area contributed by atoms with Gasteiger partial charge in [-0.3, -0.25) is 4.79 Å². The van der Waals surface area contributed by atoms with Crippen LogP contribution in [-0.2, 0) is 11.2 Å². The van der Waals surface area contributed by atoms with Gasteiger partial charge in [0.2, 0.25) is 5.91 Å². The third kappa shape index (κ3) is 4.35. The number of hydrogen-bond acceptors (Lipinski definition) is 2. The summed E-state index contributed by atoms with van der Waals surface area (Å²) in [4.78, 5) is 12.1. The molecule has 0 aliphatic rings. The van der Waals surface area contributed by atoms with Crippen molar-refractivity contribution in [1.29, 1.82) is 0 Å². The van der Waals surface area contributed by atoms with Crippen LogP contribution in [0.15, 0.2) is 42.5 Å². The van der Waals surface area contributed by atoms with E-state index in [-0.39, 0.29) is 11.9 Å². The lowest BCUT2D eigenvalue weighted by molar-refractivity contribution is -0.121. The van der Waals surface area contributed by atoms with Gasteiger partial charge in [-0.2, -0.15) is 0 Å². The Hall–Kier alpha value is -2.29. The van der Waals surface area contributed by atoms with Crippen LogP contribution < -0.4 is 11.1 Å². The largest absolute Gasteiger partial charge is 0.399 e. The number of amides is 1. The Kier molecular flexibility index (Phi) is 4.63. The van der Waals surface area contributed by atoms with E-state index in [2.05, 4.69) is 37.4 Å². The van der Waals surface area contributed by atoms with Gasteiger partial charge in [-0.1, -0.05) is 41.5 Å². The number of benzene rings is 2. The first kappa shape index (κ1) is 15.1. The highest BCUT2D eigenvalue weighted by atomic mass is 16.1. The first-order valence-corrected chi connectivity index (χ1v) is 7.16. The van der Waals surface area contributed by atoms with E-state index in [1.165, 1.54) is 11.1 Å². The highest BCUT2D eigenvalue weighted by Crippen LogP contribution is 2.17. The molecule has 2 aromatic rings. The Labute approximate surface area is 126 Å². The van der Waals surface area contributed by atoms with Gasteiger partial charge in [0.15, 0.2) is 0 Å². The number of hydrogen-bond donors (Lipinski definition) is 2. The Morgan fingerprint density at radius 1 is 1.10 bits per heavy atom. The lowest BCUT2D eigenvalue weighted by Gasteiger charge is -2.16. The molecule has 3 nitrogen and oxygen atoms in total. The molecule has 21 heavy (non-hydrogen) atoms. The Morgan fingerprint density at radius 3 is 2.24 bits per heavy atom. The van der Waals surface area contributed by atoms with E-state index in [4.69, 9.17) is 5.73 Å². The van der Waals surface area contributed by atoms with Crippen LogP contribution in [0.4, 0.5) is 5.69 Å². The van der Waals surface area contributed by atoms with E-state index in [9.17, 15) is 4.79 Å². The topological polar surface area (TPSA) is 55.1 Å². The summed E-state index contributed by atoms with van der Waals surface area (Å²) in [5.74, 6) is 0.0198. The normalized spacial score (nSPS) is 12.0. The third-order valence-electron chi connectivity index (χ3n) is 3.47. The van der Waals surface area contributed by atoms with Crippen LogP contribution in [0.3, 0.4) is 0 Å². The zero-order valence-electron chi connectivity index (χ0n) is 12.8. The van der Waals surface area contributed by atoms with Crippen molar-refractivity contribution in [3.63, 3.8) is 0 Å². The van der Waals surface area contributed by atoms with E-state index in [0.717, 1.165) is 11.1 Å². The van der Waals surface area contributed by atoms with Gasteiger partial charge in [-0.05, 0) is 44.0 Å². The van der Waals surface area contributed by atoms with Crippen molar-refractivity contribution in [2.45, 2.75) is 33.2 Å². The second-order valence-electron chi connectivity index (χ2n) is 5.63. The van der Waals surface area contributed by atoms with Gasteiger partial charge in [0, 0.05) is 5.69 Å². The molecular formula is C18H22N2O. The van der Waals surface area contributed by atoms with E-state index < -0.39 is 0 Å². The first-order valence-electron chi connectivity index (χ1n) is 7.16. The van der Waals surface area contributed by atoms with Crippen LogP contribution in [0.2, 0.25) is 0 Å². The highest BCUT2D eigenvalue weighted by molar-refractivity contribution is 5.79. The molecule has 1 unspecified atom stereocenters. The van der Waals surface area contributed by atoms with Gasteiger partial charge >= 0.3 is 0 Å². The molecule has 2 rings (SSSR count). The molecule has 0 aliphatic carbocycles. The molecule has 0 radical (unpaired) electrons. The van der Waals surface area contributed by atoms with Crippen molar-refractivity contribution in [2.24, 2.45) is 0 Å². The molecule has 1 amide bonds. The van der Waals surface area contributed by atoms with Crippen molar-refractivity contribution in [3.8, 4) is 0 Å². The fourth-order valence-electron chi connectivity index (χ4n) is 2.46. The molecular weight excluding hydrogens is 260 g/mol. The number of aryl methyl sites for hydroxylation is 2. The second kappa shape index (κ2) is 6.44. The summed E-state index contributed by atoms with van der Waals surface area (Å²) in [6.07, 6.45) is 0.370. The molecule has 3 heteroatoms. The van der Waals surface area contributed by atoms with Gasteiger partial charge in [0.1, 0.15) is 0 Å². The summed E-state index contributed by atoms with van der Waals surface area (Å²) in [5, 5.41) is 3.04. The van der Waals surface area contributed by atoms with E-state index in [1.54, 1.807) is 0 Å². The molecule has 0 bridgehead atoms. The monoisotopic (exact) mass is 282 g/mol. The van der Waals surface area contributed by atoms with Crippen LogP contribution >= 0.6 is 0 Å². The molecule has 0 aromatic heterocycles. The summed E-state index contributed by atoms with van der Waals surface area (Å²) in [5.41, 5.74) is 10.9. The minimum Gasteiger partial charge on any atom is -0.399 e. The SMILES string of the molecule is Cc1cc(C)cc(C(C)NC(=O)Cc2ccc(N)cc2)c1. The van der Waals surface area contributed by atoms with E-state index in [1.807, 2.05) is 31.2 Å². The number of rotatable bonds is 4. The van der Waals surface area contributed by atoms with Crippen molar-refractivity contribution in [1.82, 2.24) is 5.32 Å². The number of carbonyl (C=O) groups excluding carboxylic acids is 1. The molecule has 0 fully saturated rings. The van der Waals surface area contributed by atoms with Crippen LogP contribution in [0.25, 0.3) is 0 Å². The summed E-state index contributed by atoms with van der Waals surface area (Å²) in [6, 6.07) is 13.8.